The van der Waals surface area contributed by atoms with E-state index in [0.717, 1.165) is 0 Å². The van der Waals surface area contributed by atoms with E-state index < -0.39 is 11.8 Å². The van der Waals surface area contributed by atoms with Gasteiger partial charge in [-0.25, -0.2) is 5.01 Å². The molecule has 3 aromatic carbocycles. The molecule has 0 spiro atoms. The topological polar surface area (TPSA) is 87.7 Å². The molecule has 1 aliphatic rings. The number of hydrogen-bond donors (Lipinski definition) is 2. The largest absolute Gasteiger partial charge is 0.483 e. The van der Waals surface area contributed by atoms with E-state index in [1.54, 1.807) is 54.6 Å². The van der Waals surface area contributed by atoms with Gasteiger partial charge in [0.05, 0.1) is 10.2 Å². The molecular weight excluding hydrogens is 474 g/mol. The predicted molar refractivity (Wildman–Crippen MR) is 125 cm³/mol. The van der Waals surface area contributed by atoms with Crippen molar-refractivity contribution in [1.29, 1.82) is 0 Å². The van der Waals surface area contributed by atoms with E-state index in [2.05, 4.69) is 26.7 Å². The molecule has 3 aromatic rings. The van der Waals surface area contributed by atoms with Crippen LogP contribution in [0.5, 0.6) is 5.75 Å². The average Bonchev–Trinajstić information content (AvgIpc) is 3.08. The van der Waals surface area contributed by atoms with Gasteiger partial charge in [0.15, 0.2) is 6.61 Å². The van der Waals surface area contributed by atoms with Gasteiger partial charge in [0.25, 0.3) is 17.7 Å². The van der Waals surface area contributed by atoms with Gasteiger partial charge in [0, 0.05) is 5.69 Å². The van der Waals surface area contributed by atoms with Crippen LogP contribution in [-0.4, -0.2) is 24.3 Å². The molecule has 0 bridgehead atoms. The van der Waals surface area contributed by atoms with Gasteiger partial charge in [0.2, 0.25) is 0 Å². The normalized spacial score (nSPS) is 14.4. The molecule has 4 rings (SSSR count). The van der Waals surface area contributed by atoms with Gasteiger partial charge in [-0.2, -0.15) is 0 Å². The Morgan fingerprint density at radius 2 is 1.69 bits per heavy atom. The zero-order valence-electron chi connectivity index (χ0n) is 16.7. The summed E-state index contributed by atoms with van der Waals surface area (Å²) in [4.78, 5) is 37.1. The van der Waals surface area contributed by atoms with Crippen LogP contribution in [-0.2, 0) is 14.4 Å². The quantitative estimate of drug-likeness (QED) is 0.404. The lowest BCUT2D eigenvalue weighted by atomic mass is 10.1. The third kappa shape index (κ3) is 4.87. The molecule has 2 N–H and O–H groups in total. The van der Waals surface area contributed by atoms with E-state index in [1.807, 2.05) is 24.3 Å². The summed E-state index contributed by atoms with van der Waals surface area (Å²) in [6, 6.07) is 23.0. The van der Waals surface area contributed by atoms with Crippen molar-refractivity contribution in [3.8, 4) is 5.75 Å². The number of nitrogens with one attached hydrogen (secondary N) is 2. The van der Waals surface area contributed by atoms with E-state index in [0.29, 0.717) is 27.2 Å². The highest BCUT2D eigenvalue weighted by atomic mass is 79.9. The van der Waals surface area contributed by atoms with Crippen LogP contribution >= 0.6 is 15.9 Å². The smallest absolute Gasteiger partial charge is 0.282 e. The molecule has 0 radical (unpaired) electrons. The minimum atomic E-state index is -0.479. The first-order valence-electron chi connectivity index (χ1n) is 9.71. The van der Waals surface area contributed by atoms with Crippen LogP contribution in [0.2, 0.25) is 0 Å². The Morgan fingerprint density at radius 1 is 1.00 bits per heavy atom. The summed E-state index contributed by atoms with van der Waals surface area (Å²) in [5.41, 5.74) is 4.48. The number of ether oxygens (including phenoxy) is 1. The second-order valence-electron chi connectivity index (χ2n) is 6.87. The lowest BCUT2D eigenvalue weighted by Gasteiger charge is -2.13. The minimum absolute atomic E-state index is 0.0247. The summed E-state index contributed by atoms with van der Waals surface area (Å²) in [7, 11) is 0. The number of anilines is 2. The lowest BCUT2D eigenvalue weighted by molar-refractivity contribution is -0.118. The molecule has 0 unspecified atom stereocenters. The molecule has 1 heterocycles. The van der Waals surface area contributed by atoms with Gasteiger partial charge >= 0.3 is 0 Å². The number of hydrazine groups is 1. The standard InChI is InChI=1S/C24H18BrN3O4/c25-20-14-16(11-12-21(20)32-15-22(29)26-17-7-3-1-4-8-17)13-19-23(30)27-28(24(19)31)18-9-5-2-6-10-18/h1-14H,15H2,(H,26,29)(H,27,30). The van der Waals surface area contributed by atoms with Crippen LogP contribution in [0.3, 0.4) is 0 Å². The summed E-state index contributed by atoms with van der Waals surface area (Å²) in [6.45, 7) is -0.166. The van der Waals surface area contributed by atoms with Crippen molar-refractivity contribution >= 4 is 51.1 Å². The number of carbonyl (C=O) groups is 3. The molecule has 7 nitrogen and oxygen atoms in total. The Balaban J connectivity index is 1.43. The second-order valence-corrected chi connectivity index (χ2v) is 7.72. The Morgan fingerprint density at radius 3 is 2.38 bits per heavy atom. The summed E-state index contributed by atoms with van der Waals surface area (Å²) in [5.74, 6) is -0.741. The molecular formula is C24H18BrN3O4. The van der Waals surface area contributed by atoms with Crippen molar-refractivity contribution in [2.24, 2.45) is 0 Å². The highest BCUT2D eigenvalue weighted by molar-refractivity contribution is 9.10. The van der Waals surface area contributed by atoms with Crippen molar-refractivity contribution in [2.45, 2.75) is 0 Å². The van der Waals surface area contributed by atoms with Crippen LogP contribution in [0.4, 0.5) is 11.4 Å². The maximum atomic E-state index is 12.7. The Hall–Kier alpha value is -3.91. The highest BCUT2D eigenvalue weighted by Gasteiger charge is 2.34. The number of para-hydroxylation sites is 2. The zero-order chi connectivity index (χ0) is 22.5. The van der Waals surface area contributed by atoms with Crippen molar-refractivity contribution in [1.82, 2.24) is 5.43 Å². The number of hydrogen-bond acceptors (Lipinski definition) is 4. The summed E-state index contributed by atoms with van der Waals surface area (Å²) < 4.78 is 6.17. The van der Waals surface area contributed by atoms with Crippen LogP contribution in [0, 0.1) is 0 Å². The predicted octanol–water partition coefficient (Wildman–Crippen LogP) is 3.93. The number of rotatable bonds is 6. The molecule has 0 aliphatic carbocycles. The van der Waals surface area contributed by atoms with Gasteiger partial charge in [-0.3, -0.25) is 19.8 Å². The SMILES string of the molecule is O=C(COc1ccc(C=C2C(=O)NN(c3ccccc3)C2=O)cc1Br)Nc1ccccc1. The van der Waals surface area contributed by atoms with Gasteiger partial charge in [-0.05, 0) is 64.0 Å². The van der Waals surface area contributed by atoms with Crippen LogP contribution in [0.1, 0.15) is 5.56 Å². The van der Waals surface area contributed by atoms with Gasteiger partial charge in [0.1, 0.15) is 11.3 Å². The second kappa shape index (κ2) is 9.49. The average molecular weight is 492 g/mol. The van der Waals surface area contributed by atoms with E-state index >= 15 is 0 Å². The summed E-state index contributed by atoms with van der Waals surface area (Å²) in [5, 5.41) is 3.96. The number of halogens is 1. The number of nitrogens with zero attached hydrogens (tertiary/aromatic N) is 1. The van der Waals surface area contributed by atoms with Crippen molar-refractivity contribution < 1.29 is 19.1 Å². The van der Waals surface area contributed by atoms with E-state index in [9.17, 15) is 14.4 Å². The molecule has 1 aliphatic heterocycles. The van der Waals surface area contributed by atoms with Crippen LogP contribution in [0.15, 0.2) is 88.9 Å². The highest BCUT2D eigenvalue weighted by Crippen LogP contribution is 2.28. The Labute approximate surface area is 192 Å². The molecule has 0 saturated carbocycles. The maximum Gasteiger partial charge on any atom is 0.282 e. The maximum absolute atomic E-state index is 12.7. The molecule has 8 heteroatoms. The fourth-order valence-corrected chi connectivity index (χ4v) is 3.58. The van der Waals surface area contributed by atoms with Gasteiger partial charge in [-0.15, -0.1) is 0 Å². The molecule has 0 atom stereocenters. The molecule has 32 heavy (non-hydrogen) atoms. The van der Waals surface area contributed by atoms with E-state index in [-0.39, 0.29) is 18.1 Å². The Kier molecular flexibility index (Phi) is 6.32. The third-order valence-corrected chi connectivity index (χ3v) is 5.21. The van der Waals surface area contributed by atoms with Gasteiger partial charge in [-0.1, -0.05) is 42.5 Å². The van der Waals surface area contributed by atoms with E-state index in [4.69, 9.17) is 4.74 Å². The first-order chi connectivity index (χ1) is 15.5. The fraction of sp³-hybridized carbons (Fsp3) is 0.0417. The lowest BCUT2D eigenvalue weighted by Crippen LogP contribution is -2.35. The molecule has 1 fully saturated rings. The van der Waals surface area contributed by atoms with Crippen molar-refractivity contribution in [2.75, 3.05) is 16.9 Å². The summed E-state index contributed by atoms with van der Waals surface area (Å²) >= 11 is 3.41. The number of amides is 3. The van der Waals surface area contributed by atoms with Crippen LogP contribution in [0.25, 0.3) is 6.08 Å². The van der Waals surface area contributed by atoms with Crippen molar-refractivity contribution in [3.63, 3.8) is 0 Å². The zero-order valence-corrected chi connectivity index (χ0v) is 18.3. The van der Waals surface area contributed by atoms with E-state index in [1.165, 1.54) is 11.1 Å². The first-order valence-corrected chi connectivity index (χ1v) is 10.5. The molecule has 0 aromatic heterocycles. The molecule has 3 amide bonds. The van der Waals surface area contributed by atoms with Crippen molar-refractivity contribution in [3.05, 3.63) is 94.5 Å². The monoisotopic (exact) mass is 491 g/mol. The molecule has 1 saturated heterocycles. The number of benzene rings is 3. The Bertz CT molecular complexity index is 1200. The summed E-state index contributed by atoms with van der Waals surface area (Å²) in [6.07, 6.45) is 1.51. The molecule has 160 valence electrons. The van der Waals surface area contributed by atoms with Gasteiger partial charge < -0.3 is 10.1 Å². The van der Waals surface area contributed by atoms with Crippen LogP contribution < -0.4 is 20.5 Å². The minimum Gasteiger partial charge on any atom is -0.483 e. The third-order valence-electron chi connectivity index (χ3n) is 4.59. The number of carbonyl (C=O) groups excluding carboxylic acids is 3. The first kappa shape index (κ1) is 21.3. The fourth-order valence-electron chi connectivity index (χ4n) is 3.07.